The number of hydrogen-bond donors (Lipinski definition) is 2. The number of thiophene rings is 1. The van der Waals surface area contributed by atoms with E-state index in [1.165, 1.54) is 15.8 Å². The number of carbonyl (C=O) groups excluding carboxylic acids is 1. The highest BCUT2D eigenvalue weighted by atomic mass is 32.1. The van der Waals surface area contributed by atoms with Crippen molar-refractivity contribution in [1.82, 2.24) is 20.6 Å². The van der Waals surface area contributed by atoms with Crippen molar-refractivity contribution in [3.8, 4) is 0 Å². The maximum absolute atomic E-state index is 12.8. The lowest BCUT2D eigenvalue weighted by Crippen LogP contribution is -2.51. The summed E-state index contributed by atoms with van der Waals surface area (Å²) in [5.41, 5.74) is 1.28. The van der Waals surface area contributed by atoms with Crippen LogP contribution in [0.25, 0.3) is 10.2 Å². The van der Waals surface area contributed by atoms with Gasteiger partial charge in [-0.3, -0.25) is 4.79 Å². The van der Waals surface area contributed by atoms with Gasteiger partial charge in [-0.05, 0) is 57.7 Å². The van der Waals surface area contributed by atoms with Gasteiger partial charge in [0.25, 0.3) is 0 Å². The Labute approximate surface area is 164 Å². The Morgan fingerprint density at radius 2 is 2.04 bits per heavy atom. The van der Waals surface area contributed by atoms with Gasteiger partial charge in [0.15, 0.2) is 0 Å². The molecule has 2 atom stereocenters. The molecule has 2 N–H and O–H groups in total. The van der Waals surface area contributed by atoms with Crippen LogP contribution in [-0.2, 0) is 4.79 Å². The largest absolute Gasteiger partial charge is 0.356 e. The number of carbonyl (C=O) groups is 1. The SMILES string of the molecule is Cc1sc2ncnc(N3CCC(C(=O)NC4CCNCC4C)CC3)c2c1C. The van der Waals surface area contributed by atoms with Crippen LogP contribution in [0.3, 0.4) is 0 Å². The Morgan fingerprint density at radius 1 is 1.26 bits per heavy atom. The molecule has 27 heavy (non-hydrogen) atoms. The molecule has 1 amide bonds. The number of nitrogens with one attached hydrogen (secondary N) is 2. The molecule has 2 aromatic rings. The molecule has 0 spiro atoms. The fourth-order valence-electron chi connectivity index (χ4n) is 4.29. The van der Waals surface area contributed by atoms with E-state index in [1.54, 1.807) is 17.7 Å². The predicted molar refractivity (Wildman–Crippen MR) is 110 cm³/mol. The number of rotatable bonds is 3. The van der Waals surface area contributed by atoms with Crippen LogP contribution in [0.2, 0.25) is 0 Å². The number of fused-ring (bicyclic) bond motifs is 1. The molecule has 2 saturated heterocycles. The van der Waals surface area contributed by atoms with Crippen molar-refractivity contribution in [2.45, 2.75) is 46.1 Å². The first-order chi connectivity index (χ1) is 13.0. The normalized spacial score (nSPS) is 24.3. The Kier molecular flexibility index (Phi) is 5.32. The molecule has 6 nitrogen and oxygen atoms in total. The van der Waals surface area contributed by atoms with E-state index in [-0.39, 0.29) is 11.8 Å². The summed E-state index contributed by atoms with van der Waals surface area (Å²) in [7, 11) is 0. The van der Waals surface area contributed by atoms with Crippen LogP contribution in [0.1, 0.15) is 36.6 Å². The van der Waals surface area contributed by atoms with Gasteiger partial charge < -0.3 is 15.5 Å². The third-order valence-electron chi connectivity index (χ3n) is 6.22. The van der Waals surface area contributed by atoms with Crippen molar-refractivity contribution >= 4 is 33.3 Å². The molecule has 2 fully saturated rings. The molecule has 2 unspecified atom stereocenters. The fraction of sp³-hybridized carbons (Fsp3) is 0.650. The van der Waals surface area contributed by atoms with E-state index < -0.39 is 0 Å². The van der Waals surface area contributed by atoms with Crippen LogP contribution >= 0.6 is 11.3 Å². The van der Waals surface area contributed by atoms with E-state index in [0.29, 0.717) is 12.0 Å². The lowest BCUT2D eigenvalue weighted by Gasteiger charge is -2.35. The second-order valence-corrected chi connectivity index (χ2v) is 9.21. The Bertz CT molecular complexity index is 827. The van der Waals surface area contributed by atoms with Crippen molar-refractivity contribution in [2.75, 3.05) is 31.1 Å². The number of amides is 1. The minimum absolute atomic E-state index is 0.117. The lowest BCUT2D eigenvalue weighted by molar-refractivity contribution is -0.126. The highest BCUT2D eigenvalue weighted by Gasteiger charge is 2.30. The first-order valence-corrected chi connectivity index (χ1v) is 10.8. The number of aromatic nitrogens is 2. The van der Waals surface area contributed by atoms with E-state index in [9.17, 15) is 4.79 Å². The summed E-state index contributed by atoms with van der Waals surface area (Å²) in [4.78, 5) is 26.5. The molecule has 0 bridgehead atoms. The summed E-state index contributed by atoms with van der Waals surface area (Å²) in [6.07, 6.45) is 4.48. The van der Waals surface area contributed by atoms with E-state index in [1.807, 2.05) is 0 Å². The molecule has 4 heterocycles. The molecule has 7 heteroatoms. The van der Waals surface area contributed by atoms with Crippen LogP contribution in [0.15, 0.2) is 6.33 Å². The molecule has 0 saturated carbocycles. The molecule has 0 aromatic carbocycles. The predicted octanol–water partition coefficient (Wildman–Crippen LogP) is 2.64. The molecule has 4 rings (SSSR count). The van der Waals surface area contributed by atoms with Crippen LogP contribution in [0.5, 0.6) is 0 Å². The Morgan fingerprint density at radius 3 is 2.78 bits per heavy atom. The minimum Gasteiger partial charge on any atom is -0.356 e. The van der Waals surface area contributed by atoms with Crippen LogP contribution in [-0.4, -0.2) is 48.1 Å². The van der Waals surface area contributed by atoms with Crippen LogP contribution < -0.4 is 15.5 Å². The topological polar surface area (TPSA) is 70.2 Å². The third-order valence-corrected chi connectivity index (χ3v) is 7.34. The monoisotopic (exact) mass is 387 g/mol. The molecular formula is C20H29N5OS. The molecule has 2 aliphatic heterocycles. The number of piperidine rings is 2. The van der Waals surface area contributed by atoms with Crippen molar-refractivity contribution in [3.63, 3.8) is 0 Å². The summed E-state index contributed by atoms with van der Waals surface area (Å²) in [5, 5.41) is 7.89. The molecule has 146 valence electrons. The number of nitrogens with zero attached hydrogens (tertiary/aromatic N) is 3. The average molecular weight is 388 g/mol. The molecule has 0 aliphatic carbocycles. The average Bonchev–Trinajstić information content (AvgIpc) is 2.98. The van der Waals surface area contributed by atoms with E-state index >= 15 is 0 Å². The van der Waals surface area contributed by atoms with E-state index in [2.05, 4.69) is 46.3 Å². The van der Waals surface area contributed by atoms with Gasteiger partial charge in [0.05, 0.1) is 5.39 Å². The minimum atomic E-state index is 0.117. The molecule has 0 radical (unpaired) electrons. The maximum atomic E-state index is 12.8. The third kappa shape index (κ3) is 3.67. The first kappa shape index (κ1) is 18.6. The van der Waals surface area contributed by atoms with Gasteiger partial charge in [-0.1, -0.05) is 6.92 Å². The van der Waals surface area contributed by atoms with E-state index in [0.717, 1.165) is 56.1 Å². The molecular weight excluding hydrogens is 358 g/mol. The van der Waals surface area contributed by atoms with Crippen molar-refractivity contribution in [3.05, 3.63) is 16.8 Å². The van der Waals surface area contributed by atoms with Gasteiger partial charge in [0, 0.05) is 29.9 Å². The van der Waals surface area contributed by atoms with Gasteiger partial charge in [-0.15, -0.1) is 11.3 Å². The summed E-state index contributed by atoms with van der Waals surface area (Å²) in [5.74, 6) is 1.89. The van der Waals surface area contributed by atoms with Gasteiger partial charge in [-0.25, -0.2) is 9.97 Å². The molecule has 2 aromatic heterocycles. The highest BCUT2D eigenvalue weighted by Crippen LogP contribution is 2.35. The van der Waals surface area contributed by atoms with Crippen molar-refractivity contribution in [1.29, 1.82) is 0 Å². The Balaban J connectivity index is 1.41. The second kappa shape index (κ2) is 7.72. The lowest BCUT2D eigenvalue weighted by atomic mass is 9.92. The number of anilines is 1. The van der Waals surface area contributed by atoms with Crippen LogP contribution in [0, 0.1) is 25.7 Å². The van der Waals surface area contributed by atoms with E-state index in [4.69, 9.17) is 0 Å². The summed E-state index contributed by atoms with van der Waals surface area (Å²) < 4.78 is 0. The van der Waals surface area contributed by atoms with Gasteiger partial charge >= 0.3 is 0 Å². The zero-order valence-electron chi connectivity index (χ0n) is 16.4. The smallest absolute Gasteiger partial charge is 0.223 e. The maximum Gasteiger partial charge on any atom is 0.223 e. The zero-order chi connectivity index (χ0) is 19.0. The standard InChI is InChI=1S/C20H29N5OS/c1-12-10-21-7-4-16(12)24-19(26)15-5-8-25(9-6-15)18-17-13(2)14(3)27-20(17)23-11-22-18/h11-12,15-16,21H,4-10H2,1-3H3,(H,24,26). The summed E-state index contributed by atoms with van der Waals surface area (Å²) in [6, 6.07) is 0.315. The van der Waals surface area contributed by atoms with Gasteiger partial charge in [0.1, 0.15) is 17.0 Å². The zero-order valence-corrected chi connectivity index (χ0v) is 17.2. The number of hydrogen-bond acceptors (Lipinski definition) is 6. The second-order valence-electron chi connectivity index (χ2n) is 8.01. The quantitative estimate of drug-likeness (QED) is 0.847. The van der Waals surface area contributed by atoms with Gasteiger partial charge in [-0.2, -0.15) is 0 Å². The number of aryl methyl sites for hydroxylation is 2. The van der Waals surface area contributed by atoms with Crippen molar-refractivity contribution < 1.29 is 4.79 Å². The Hall–Kier alpha value is -1.73. The molecule has 2 aliphatic rings. The van der Waals surface area contributed by atoms with Crippen LogP contribution in [0.4, 0.5) is 5.82 Å². The summed E-state index contributed by atoms with van der Waals surface area (Å²) >= 11 is 1.73. The first-order valence-electron chi connectivity index (χ1n) is 10.0. The van der Waals surface area contributed by atoms with Crippen molar-refractivity contribution in [2.24, 2.45) is 11.8 Å². The highest BCUT2D eigenvalue weighted by molar-refractivity contribution is 7.18. The van der Waals surface area contributed by atoms with Gasteiger partial charge in [0.2, 0.25) is 5.91 Å². The fourth-order valence-corrected chi connectivity index (χ4v) is 5.28. The summed E-state index contributed by atoms with van der Waals surface area (Å²) in [6.45, 7) is 10.3.